The van der Waals surface area contributed by atoms with Gasteiger partial charge in [0.2, 0.25) is 0 Å². The van der Waals surface area contributed by atoms with Crippen molar-refractivity contribution >= 4 is 45.8 Å². The maximum atomic E-state index is 10.7. The van der Waals surface area contributed by atoms with Gasteiger partial charge >= 0.3 is 12.1 Å². The fourth-order valence-electron chi connectivity index (χ4n) is 3.82. The van der Waals surface area contributed by atoms with Crippen LogP contribution in [0.4, 0.5) is 19.0 Å². The van der Waals surface area contributed by atoms with Crippen LogP contribution in [0.5, 0.6) is 0 Å². The Morgan fingerprint density at radius 3 is 2.68 bits per heavy atom. The van der Waals surface area contributed by atoms with E-state index in [9.17, 15) is 23.4 Å². The van der Waals surface area contributed by atoms with E-state index in [1.165, 1.54) is 17.7 Å². The third-order valence-corrected chi connectivity index (χ3v) is 6.74. The van der Waals surface area contributed by atoms with Gasteiger partial charge in [-0.15, -0.1) is 11.3 Å². The van der Waals surface area contributed by atoms with E-state index in [0.717, 1.165) is 16.9 Å². The number of hydrogen-bond acceptors (Lipinski definition) is 9. The Balaban J connectivity index is 0.000000344. The molecule has 2 aliphatic rings. The molecule has 10 nitrogen and oxygen atoms in total. The summed E-state index contributed by atoms with van der Waals surface area (Å²) in [7, 11) is 0. The minimum atomic E-state index is -5.08. The number of nitrogens with zero attached hydrogens (tertiary/aromatic N) is 3. The fourth-order valence-corrected chi connectivity index (χ4v) is 5.22. The summed E-state index contributed by atoms with van der Waals surface area (Å²) in [6.45, 7) is 0.508. The second-order valence-corrected chi connectivity index (χ2v) is 9.19. The first-order valence-corrected chi connectivity index (χ1v) is 11.0. The van der Waals surface area contributed by atoms with Crippen molar-refractivity contribution in [3.63, 3.8) is 0 Å². The fraction of sp³-hybridized carbons (Fsp3) is 0.421. The number of nitrogens with two attached hydrogens (primary N) is 1. The lowest BCUT2D eigenvalue weighted by atomic mass is 9.99. The van der Waals surface area contributed by atoms with Gasteiger partial charge in [0, 0.05) is 11.1 Å². The predicted octanol–water partition coefficient (Wildman–Crippen LogP) is 2.29. The molecule has 0 unspecified atom stereocenters. The number of ether oxygens (including phenoxy) is 2. The maximum absolute atomic E-state index is 10.7. The number of fused-ring (bicyclic) bond motifs is 2. The van der Waals surface area contributed by atoms with Crippen LogP contribution >= 0.6 is 22.9 Å². The smallest absolute Gasteiger partial charge is 0.475 e. The highest BCUT2D eigenvalue weighted by Gasteiger charge is 2.49. The minimum absolute atomic E-state index is 0.344. The van der Waals surface area contributed by atoms with Crippen molar-refractivity contribution in [1.29, 1.82) is 0 Å². The SMILES string of the molecule is Nc1ncnc2c1ccn2[C@@H]1O[C@H]([C@@H]2OCCc3cc(Cl)sc32)[C@@H](O)[C@H]1O.O=C(O)C(F)(F)F. The molecular weight excluding hydrogens is 505 g/mol. The molecule has 15 heteroatoms. The van der Waals surface area contributed by atoms with Crippen LogP contribution in [0, 0.1) is 0 Å². The zero-order chi connectivity index (χ0) is 24.8. The molecule has 184 valence electrons. The van der Waals surface area contributed by atoms with Crippen molar-refractivity contribution in [2.45, 2.75) is 43.2 Å². The number of thiophene rings is 1. The summed E-state index contributed by atoms with van der Waals surface area (Å²) in [4.78, 5) is 18.0. The predicted molar refractivity (Wildman–Crippen MR) is 113 cm³/mol. The summed E-state index contributed by atoms with van der Waals surface area (Å²) in [5.41, 5.74) is 7.51. The highest BCUT2D eigenvalue weighted by Crippen LogP contribution is 2.44. The van der Waals surface area contributed by atoms with Gasteiger partial charge in [0.1, 0.15) is 42.2 Å². The Labute approximate surface area is 198 Å². The summed E-state index contributed by atoms with van der Waals surface area (Å²) in [5.74, 6) is -2.41. The molecule has 1 saturated heterocycles. The highest BCUT2D eigenvalue weighted by molar-refractivity contribution is 7.16. The van der Waals surface area contributed by atoms with Gasteiger partial charge in [0.05, 0.1) is 16.3 Å². The quantitative estimate of drug-likeness (QED) is 0.397. The van der Waals surface area contributed by atoms with E-state index in [2.05, 4.69) is 9.97 Å². The van der Waals surface area contributed by atoms with Crippen LogP contribution < -0.4 is 5.73 Å². The minimum Gasteiger partial charge on any atom is -0.475 e. The standard InChI is InChI=1S/C17H17ClN4O4S.C2HF3O2/c18-9-5-7-2-4-25-13(14(7)27-9)12-10(23)11(24)17(26-12)22-3-1-8-15(19)20-6-21-16(8)22;3-2(4,5)1(6)7/h1,3,5-6,10-13,17,23-24H,2,4H2,(H2,19,20,21);(H,6,7)/t10-,11+,12-,13-,17+;/m0./s1. The molecule has 2 aliphatic heterocycles. The van der Waals surface area contributed by atoms with Gasteiger partial charge in [-0.2, -0.15) is 13.2 Å². The second kappa shape index (κ2) is 9.28. The van der Waals surface area contributed by atoms with Gasteiger partial charge in [-0.05, 0) is 24.1 Å². The molecule has 1 fully saturated rings. The van der Waals surface area contributed by atoms with Gasteiger partial charge in [-0.25, -0.2) is 14.8 Å². The van der Waals surface area contributed by atoms with E-state index in [1.54, 1.807) is 16.8 Å². The highest BCUT2D eigenvalue weighted by atomic mass is 35.5. The first-order valence-electron chi connectivity index (χ1n) is 9.77. The zero-order valence-electron chi connectivity index (χ0n) is 17.0. The Kier molecular flexibility index (Phi) is 6.72. The summed E-state index contributed by atoms with van der Waals surface area (Å²) in [6.07, 6.45) is -5.54. The molecule has 3 aromatic rings. The molecule has 0 aromatic carbocycles. The number of carbonyl (C=O) groups is 1. The number of hydrogen-bond donors (Lipinski definition) is 4. The first kappa shape index (κ1) is 24.6. The lowest BCUT2D eigenvalue weighted by molar-refractivity contribution is -0.192. The third kappa shape index (κ3) is 4.56. The van der Waals surface area contributed by atoms with E-state index in [4.69, 9.17) is 36.7 Å². The molecule has 0 saturated carbocycles. The monoisotopic (exact) mass is 522 g/mol. The number of aliphatic hydroxyl groups is 2. The molecule has 0 spiro atoms. The van der Waals surface area contributed by atoms with Crippen molar-refractivity contribution in [3.05, 3.63) is 39.4 Å². The van der Waals surface area contributed by atoms with Crippen molar-refractivity contribution in [2.24, 2.45) is 0 Å². The largest absolute Gasteiger partial charge is 0.490 e. The van der Waals surface area contributed by atoms with Gasteiger partial charge in [-0.1, -0.05) is 11.6 Å². The lowest BCUT2D eigenvalue weighted by Gasteiger charge is -2.29. The molecule has 5 atom stereocenters. The lowest BCUT2D eigenvalue weighted by Crippen LogP contribution is -2.37. The van der Waals surface area contributed by atoms with Crippen LogP contribution in [0.2, 0.25) is 4.34 Å². The Morgan fingerprint density at radius 2 is 2.00 bits per heavy atom. The van der Waals surface area contributed by atoms with E-state index < -0.39 is 42.8 Å². The Hall–Kier alpha value is -2.49. The van der Waals surface area contributed by atoms with Crippen LogP contribution in [-0.4, -0.2) is 66.9 Å². The summed E-state index contributed by atoms with van der Waals surface area (Å²) in [6, 6.07) is 3.68. The van der Waals surface area contributed by atoms with Gasteiger partial charge < -0.3 is 35.1 Å². The Bertz CT molecular complexity index is 1200. The molecule has 3 aromatic heterocycles. The van der Waals surface area contributed by atoms with Crippen molar-refractivity contribution in [3.8, 4) is 0 Å². The van der Waals surface area contributed by atoms with Crippen LogP contribution in [0.15, 0.2) is 24.7 Å². The number of aliphatic carboxylic acids is 1. The first-order chi connectivity index (χ1) is 16.0. The van der Waals surface area contributed by atoms with Crippen LogP contribution in [0.3, 0.4) is 0 Å². The van der Waals surface area contributed by atoms with Crippen molar-refractivity contribution in [1.82, 2.24) is 14.5 Å². The number of aromatic nitrogens is 3. The van der Waals surface area contributed by atoms with Gasteiger partial charge in [-0.3, -0.25) is 0 Å². The molecular formula is C19H18ClF3N4O6S. The van der Waals surface area contributed by atoms with E-state index in [-0.39, 0.29) is 0 Å². The molecule has 34 heavy (non-hydrogen) atoms. The molecule has 5 rings (SSSR count). The van der Waals surface area contributed by atoms with E-state index in [0.29, 0.717) is 27.8 Å². The van der Waals surface area contributed by atoms with Crippen LogP contribution in [0.25, 0.3) is 11.0 Å². The molecule has 0 aliphatic carbocycles. The van der Waals surface area contributed by atoms with Gasteiger partial charge in [0.25, 0.3) is 0 Å². The van der Waals surface area contributed by atoms with Gasteiger partial charge in [0.15, 0.2) is 6.23 Å². The van der Waals surface area contributed by atoms with Crippen molar-refractivity contribution in [2.75, 3.05) is 12.3 Å². The number of carboxylic acid groups (broad SMARTS) is 1. The normalized spacial score (nSPS) is 26.7. The average Bonchev–Trinajstić information content (AvgIpc) is 3.44. The second-order valence-electron chi connectivity index (χ2n) is 7.48. The number of alkyl halides is 3. The van der Waals surface area contributed by atoms with Crippen LogP contribution in [0.1, 0.15) is 22.8 Å². The number of nitrogen functional groups attached to an aromatic ring is 1. The molecule has 5 N–H and O–H groups in total. The average molecular weight is 523 g/mol. The number of rotatable bonds is 2. The summed E-state index contributed by atoms with van der Waals surface area (Å²) < 4.78 is 46.0. The van der Waals surface area contributed by atoms with Crippen molar-refractivity contribution < 1.29 is 42.8 Å². The van der Waals surface area contributed by atoms with Crippen LogP contribution in [-0.2, 0) is 20.7 Å². The number of aliphatic hydroxyl groups excluding tert-OH is 2. The number of carboxylic acids is 1. The molecule has 5 heterocycles. The third-order valence-electron chi connectivity index (χ3n) is 5.37. The molecule has 0 bridgehead atoms. The summed E-state index contributed by atoms with van der Waals surface area (Å²) >= 11 is 7.57. The number of halogens is 4. The maximum Gasteiger partial charge on any atom is 0.490 e. The summed E-state index contributed by atoms with van der Waals surface area (Å²) in [5, 5.41) is 29.1. The zero-order valence-corrected chi connectivity index (χ0v) is 18.6. The molecule has 0 radical (unpaired) electrons. The Morgan fingerprint density at radius 1 is 1.29 bits per heavy atom. The topological polar surface area (TPSA) is 153 Å². The van der Waals surface area contributed by atoms with E-state index >= 15 is 0 Å². The van der Waals surface area contributed by atoms with E-state index in [1.807, 2.05) is 6.07 Å². The number of anilines is 1. The molecule has 0 amide bonds.